The Balaban J connectivity index is 5.46. The highest BCUT2D eigenvalue weighted by molar-refractivity contribution is 6.06. The first kappa shape index (κ1) is 17.1. The smallest absolute Gasteiger partial charge is 0.319 e. The average Bonchev–Trinajstić information content (AvgIpc) is 2.26. The van der Waals surface area contributed by atoms with E-state index in [1.54, 1.807) is 6.92 Å². The molecule has 0 amide bonds. The number of hydrogen-bond acceptors (Lipinski definition) is 3. The lowest BCUT2D eigenvalue weighted by Gasteiger charge is -2.35. The fourth-order valence-electron chi connectivity index (χ4n) is 2.49. The molecule has 3 nitrogen and oxygen atoms in total. The van der Waals surface area contributed by atoms with Crippen molar-refractivity contribution in [2.24, 2.45) is 10.8 Å². The van der Waals surface area contributed by atoms with Crippen LogP contribution in [0, 0.1) is 10.8 Å². The zero-order chi connectivity index (χ0) is 14.4. The fraction of sp³-hybridized carbons (Fsp3) is 0.867. The first-order valence-corrected chi connectivity index (χ1v) is 6.98. The number of ether oxygens (including phenoxy) is 1. The third-order valence-corrected chi connectivity index (χ3v) is 3.14. The summed E-state index contributed by atoms with van der Waals surface area (Å²) in [6.07, 6.45) is 2.77. The Morgan fingerprint density at radius 3 is 1.67 bits per heavy atom. The summed E-state index contributed by atoms with van der Waals surface area (Å²) >= 11 is 0. The topological polar surface area (TPSA) is 43.4 Å². The molecule has 18 heavy (non-hydrogen) atoms. The zero-order valence-electron chi connectivity index (χ0n) is 12.8. The molecule has 0 aliphatic rings. The fourth-order valence-corrected chi connectivity index (χ4v) is 2.49. The average molecular weight is 256 g/mol. The van der Waals surface area contributed by atoms with Gasteiger partial charge >= 0.3 is 5.97 Å². The Morgan fingerprint density at radius 2 is 1.39 bits per heavy atom. The minimum atomic E-state index is -0.947. The first-order valence-electron chi connectivity index (χ1n) is 6.98. The second kappa shape index (κ2) is 6.91. The van der Waals surface area contributed by atoms with Crippen molar-refractivity contribution in [3.63, 3.8) is 0 Å². The van der Waals surface area contributed by atoms with Crippen LogP contribution in [-0.2, 0) is 14.3 Å². The molecule has 0 aromatic carbocycles. The summed E-state index contributed by atoms with van der Waals surface area (Å²) in [5.74, 6) is -0.328. The molecule has 0 N–H and O–H groups in total. The van der Waals surface area contributed by atoms with Gasteiger partial charge in [0.05, 0.1) is 6.61 Å². The minimum absolute atomic E-state index is 0.0113. The molecule has 0 heterocycles. The van der Waals surface area contributed by atoms with Crippen LogP contribution in [0.1, 0.15) is 67.2 Å². The second-order valence-corrected chi connectivity index (χ2v) is 5.88. The van der Waals surface area contributed by atoms with Gasteiger partial charge in [-0.15, -0.1) is 0 Å². The van der Waals surface area contributed by atoms with E-state index in [9.17, 15) is 9.59 Å². The molecule has 0 aromatic heterocycles. The van der Waals surface area contributed by atoms with Gasteiger partial charge in [-0.3, -0.25) is 9.59 Å². The standard InChI is InChI=1S/C15H28O3/c1-7-10-15(11-8-2,13(17)18-9-3)12(16)14(4,5)6/h7-11H2,1-6H3. The van der Waals surface area contributed by atoms with Crippen molar-refractivity contribution in [2.75, 3.05) is 6.61 Å². The van der Waals surface area contributed by atoms with Crippen molar-refractivity contribution >= 4 is 11.8 Å². The molecule has 0 saturated carbocycles. The van der Waals surface area contributed by atoms with E-state index in [1.807, 2.05) is 34.6 Å². The number of rotatable bonds is 7. The van der Waals surface area contributed by atoms with Gasteiger partial charge in [0, 0.05) is 5.41 Å². The summed E-state index contributed by atoms with van der Waals surface area (Å²) in [5.41, 5.74) is -1.46. The second-order valence-electron chi connectivity index (χ2n) is 5.88. The van der Waals surface area contributed by atoms with Gasteiger partial charge in [-0.05, 0) is 19.8 Å². The molecule has 0 spiro atoms. The van der Waals surface area contributed by atoms with Gasteiger partial charge in [0.2, 0.25) is 0 Å². The van der Waals surface area contributed by atoms with E-state index in [4.69, 9.17) is 4.74 Å². The Morgan fingerprint density at radius 1 is 0.944 bits per heavy atom. The maximum atomic E-state index is 12.7. The maximum Gasteiger partial charge on any atom is 0.319 e. The van der Waals surface area contributed by atoms with Crippen LogP contribution in [0.2, 0.25) is 0 Å². The number of hydrogen-bond donors (Lipinski definition) is 0. The van der Waals surface area contributed by atoms with Crippen molar-refractivity contribution in [3.8, 4) is 0 Å². The quantitative estimate of drug-likeness (QED) is 0.514. The van der Waals surface area contributed by atoms with Gasteiger partial charge in [-0.1, -0.05) is 47.5 Å². The van der Waals surface area contributed by atoms with Crippen LogP contribution in [0.5, 0.6) is 0 Å². The summed E-state index contributed by atoms with van der Waals surface area (Å²) in [6, 6.07) is 0. The highest BCUT2D eigenvalue weighted by Crippen LogP contribution is 2.39. The molecular formula is C15H28O3. The molecule has 0 rings (SSSR count). The van der Waals surface area contributed by atoms with Gasteiger partial charge in [-0.2, -0.15) is 0 Å². The van der Waals surface area contributed by atoms with E-state index in [2.05, 4.69) is 0 Å². The number of Topliss-reactive ketones (excluding diaryl/α,β-unsaturated/α-hetero) is 1. The van der Waals surface area contributed by atoms with Crippen molar-refractivity contribution in [1.82, 2.24) is 0 Å². The maximum absolute atomic E-state index is 12.7. The molecule has 0 aliphatic heterocycles. The van der Waals surface area contributed by atoms with Gasteiger partial charge in [0.25, 0.3) is 0 Å². The molecule has 0 fully saturated rings. The summed E-state index contributed by atoms with van der Waals surface area (Å²) in [5, 5.41) is 0. The monoisotopic (exact) mass is 256 g/mol. The first-order chi connectivity index (χ1) is 8.26. The summed E-state index contributed by atoms with van der Waals surface area (Å²) in [4.78, 5) is 25.0. The number of ketones is 1. The number of esters is 1. The van der Waals surface area contributed by atoms with Crippen LogP contribution in [0.4, 0.5) is 0 Å². The molecule has 3 heteroatoms. The molecule has 0 unspecified atom stereocenters. The van der Waals surface area contributed by atoms with Crippen LogP contribution in [0.15, 0.2) is 0 Å². The third-order valence-electron chi connectivity index (χ3n) is 3.14. The van der Waals surface area contributed by atoms with Crippen molar-refractivity contribution < 1.29 is 14.3 Å². The van der Waals surface area contributed by atoms with E-state index in [1.165, 1.54) is 0 Å². The van der Waals surface area contributed by atoms with Gasteiger partial charge in [-0.25, -0.2) is 0 Å². The van der Waals surface area contributed by atoms with Gasteiger partial charge in [0.15, 0.2) is 5.78 Å². The molecule has 0 saturated heterocycles. The largest absolute Gasteiger partial charge is 0.465 e. The van der Waals surface area contributed by atoms with Gasteiger partial charge < -0.3 is 4.74 Å². The van der Waals surface area contributed by atoms with E-state index in [0.29, 0.717) is 19.4 Å². The SMILES string of the molecule is CCCC(CCC)(C(=O)OCC)C(=O)C(C)(C)C. The lowest BCUT2D eigenvalue weighted by atomic mass is 9.67. The van der Waals surface area contributed by atoms with Crippen LogP contribution >= 0.6 is 0 Å². The Labute approximate surface area is 111 Å². The zero-order valence-corrected chi connectivity index (χ0v) is 12.8. The van der Waals surface area contributed by atoms with Crippen LogP contribution < -0.4 is 0 Å². The van der Waals surface area contributed by atoms with Crippen molar-refractivity contribution in [3.05, 3.63) is 0 Å². The molecule has 0 aromatic rings. The Kier molecular flexibility index (Phi) is 6.58. The normalized spacial score (nSPS) is 12.3. The molecule has 0 radical (unpaired) electrons. The Hall–Kier alpha value is -0.860. The van der Waals surface area contributed by atoms with Crippen molar-refractivity contribution in [1.29, 1.82) is 0 Å². The summed E-state index contributed by atoms with van der Waals surface area (Å²) in [7, 11) is 0. The molecule has 0 atom stereocenters. The van der Waals surface area contributed by atoms with E-state index < -0.39 is 10.8 Å². The van der Waals surface area contributed by atoms with Crippen LogP contribution in [-0.4, -0.2) is 18.4 Å². The summed E-state index contributed by atoms with van der Waals surface area (Å²) < 4.78 is 5.17. The molecular weight excluding hydrogens is 228 g/mol. The van der Waals surface area contributed by atoms with Crippen molar-refractivity contribution in [2.45, 2.75) is 67.2 Å². The predicted molar refractivity (Wildman–Crippen MR) is 73.3 cm³/mol. The number of carbonyl (C=O) groups is 2. The highest BCUT2D eigenvalue weighted by Gasteiger charge is 2.49. The highest BCUT2D eigenvalue weighted by atomic mass is 16.5. The molecule has 0 aliphatic carbocycles. The van der Waals surface area contributed by atoms with E-state index >= 15 is 0 Å². The Bertz CT molecular complexity index is 281. The molecule has 106 valence electrons. The van der Waals surface area contributed by atoms with Gasteiger partial charge in [0.1, 0.15) is 5.41 Å². The molecule has 0 bridgehead atoms. The van der Waals surface area contributed by atoms with Crippen LogP contribution in [0.3, 0.4) is 0 Å². The van der Waals surface area contributed by atoms with Crippen LogP contribution in [0.25, 0.3) is 0 Å². The summed E-state index contributed by atoms with van der Waals surface area (Å²) in [6.45, 7) is 11.7. The van der Waals surface area contributed by atoms with E-state index in [-0.39, 0.29) is 11.8 Å². The number of carbonyl (C=O) groups excluding carboxylic acids is 2. The van der Waals surface area contributed by atoms with E-state index in [0.717, 1.165) is 12.8 Å². The minimum Gasteiger partial charge on any atom is -0.465 e. The lowest BCUT2D eigenvalue weighted by Crippen LogP contribution is -2.46. The lowest BCUT2D eigenvalue weighted by molar-refractivity contribution is -0.164. The third kappa shape index (κ3) is 3.82. The predicted octanol–water partition coefficient (Wildman–Crippen LogP) is 3.75.